The molecule has 3 rings (SSSR count). The first-order valence-corrected chi connectivity index (χ1v) is 8.46. The van der Waals surface area contributed by atoms with Gasteiger partial charge in [0, 0.05) is 0 Å². The highest BCUT2D eigenvalue weighted by Gasteiger charge is 2.14. The molecule has 0 aliphatic rings. The van der Waals surface area contributed by atoms with Gasteiger partial charge in [-0.1, -0.05) is 86.6 Å². The molecule has 0 fully saturated rings. The van der Waals surface area contributed by atoms with E-state index in [1.165, 1.54) is 33.4 Å². The van der Waals surface area contributed by atoms with Gasteiger partial charge in [-0.25, -0.2) is 0 Å². The molecule has 0 aromatic heterocycles. The molecule has 0 bridgehead atoms. The van der Waals surface area contributed by atoms with E-state index >= 15 is 0 Å². The van der Waals surface area contributed by atoms with Crippen LogP contribution < -0.4 is 0 Å². The van der Waals surface area contributed by atoms with Crippen LogP contribution in [0.3, 0.4) is 0 Å². The highest BCUT2D eigenvalue weighted by atomic mass is 14.2. The van der Waals surface area contributed by atoms with Gasteiger partial charge in [-0.3, -0.25) is 0 Å². The Morgan fingerprint density at radius 1 is 0.652 bits per heavy atom. The normalized spacial score (nSPS) is 12.1. The van der Waals surface area contributed by atoms with E-state index in [0.717, 1.165) is 6.42 Å². The fourth-order valence-electron chi connectivity index (χ4n) is 3.22. The number of hydrogen-bond acceptors (Lipinski definition) is 0. The molecule has 3 aromatic carbocycles. The summed E-state index contributed by atoms with van der Waals surface area (Å²) in [6.07, 6.45) is 1.16. The van der Waals surface area contributed by atoms with Crippen LogP contribution >= 0.6 is 0 Å². The minimum Gasteiger partial charge on any atom is -0.0648 e. The number of benzene rings is 3. The van der Waals surface area contributed by atoms with Crippen LogP contribution in [-0.4, -0.2) is 0 Å². The summed E-state index contributed by atoms with van der Waals surface area (Å²) < 4.78 is 0. The average molecular weight is 300 g/mol. The topological polar surface area (TPSA) is 0 Å². The average Bonchev–Trinajstić information content (AvgIpc) is 2.61. The Morgan fingerprint density at radius 2 is 1.13 bits per heavy atom. The lowest BCUT2D eigenvalue weighted by atomic mass is 9.86. The van der Waals surface area contributed by atoms with Crippen LogP contribution in [0.25, 0.3) is 22.3 Å². The van der Waals surface area contributed by atoms with Crippen molar-refractivity contribution in [1.82, 2.24) is 0 Å². The molecule has 0 N–H and O–H groups in total. The Morgan fingerprint density at radius 3 is 1.74 bits per heavy atom. The molecule has 0 aliphatic heterocycles. The molecule has 23 heavy (non-hydrogen) atoms. The van der Waals surface area contributed by atoms with Crippen molar-refractivity contribution in [2.45, 2.75) is 33.1 Å². The number of rotatable bonds is 4. The Hall–Kier alpha value is -2.34. The quantitative estimate of drug-likeness (QED) is 0.494. The zero-order valence-electron chi connectivity index (χ0n) is 14.2. The van der Waals surface area contributed by atoms with Crippen LogP contribution in [-0.2, 0) is 0 Å². The van der Waals surface area contributed by atoms with Crippen LogP contribution in [0.2, 0.25) is 0 Å². The molecule has 0 radical (unpaired) electrons. The third-order valence-electron chi connectivity index (χ3n) is 4.76. The fourth-order valence-corrected chi connectivity index (χ4v) is 3.22. The van der Waals surface area contributed by atoms with E-state index < -0.39 is 0 Å². The molecule has 0 nitrogen and oxygen atoms in total. The van der Waals surface area contributed by atoms with Gasteiger partial charge in [0.25, 0.3) is 0 Å². The Labute approximate surface area is 139 Å². The predicted octanol–water partition coefficient (Wildman–Crippen LogP) is 6.84. The third kappa shape index (κ3) is 3.07. The standard InChI is InChI=1S/C23H24/c1-4-17(2)19-12-7-8-14-21(19)23-16-10-9-15-22(23)20-13-6-5-11-18(20)3/h5-17H,4H2,1-3H3. The monoisotopic (exact) mass is 300 g/mol. The summed E-state index contributed by atoms with van der Waals surface area (Å²) in [6, 6.07) is 26.3. The summed E-state index contributed by atoms with van der Waals surface area (Å²) in [5, 5.41) is 0. The minimum absolute atomic E-state index is 0.566. The van der Waals surface area contributed by atoms with Crippen molar-refractivity contribution in [2.75, 3.05) is 0 Å². The van der Waals surface area contributed by atoms with Gasteiger partial charge in [-0.05, 0) is 52.6 Å². The lowest BCUT2D eigenvalue weighted by molar-refractivity contribution is 0.735. The SMILES string of the molecule is CCC(C)c1ccccc1-c1ccccc1-c1ccccc1C. The van der Waals surface area contributed by atoms with Gasteiger partial charge < -0.3 is 0 Å². The van der Waals surface area contributed by atoms with Crippen LogP contribution in [0.5, 0.6) is 0 Å². The van der Waals surface area contributed by atoms with Crippen LogP contribution in [0.15, 0.2) is 72.8 Å². The van der Waals surface area contributed by atoms with Crippen molar-refractivity contribution in [3.05, 3.63) is 83.9 Å². The maximum absolute atomic E-state index is 2.31. The lowest BCUT2D eigenvalue weighted by Crippen LogP contribution is -1.96. The fraction of sp³-hybridized carbons (Fsp3) is 0.217. The molecule has 1 unspecified atom stereocenters. The van der Waals surface area contributed by atoms with E-state index in [4.69, 9.17) is 0 Å². The van der Waals surface area contributed by atoms with Gasteiger partial charge in [-0.15, -0.1) is 0 Å². The highest BCUT2D eigenvalue weighted by Crippen LogP contribution is 2.37. The molecule has 1 atom stereocenters. The Kier molecular flexibility index (Phi) is 4.62. The van der Waals surface area contributed by atoms with E-state index in [0.29, 0.717) is 5.92 Å². The predicted molar refractivity (Wildman–Crippen MR) is 101 cm³/mol. The van der Waals surface area contributed by atoms with Gasteiger partial charge in [0.15, 0.2) is 0 Å². The molecule has 116 valence electrons. The Bertz CT molecular complexity index is 798. The van der Waals surface area contributed by atoms with Gasteiger partial charge in [0.2, 0.25) is 0 Å². The van der Waals surface area contributed by atoms with Gasteiger partial charge in [-0.2, -0.15) is 0 Å². The van der Waals surface area contributed by atoms with Gasteiger partial charge >= 0.3 is 0 Å². The second-order valence-corrected chi connectivity index (χ2v) is 6.26. The number of aryl methyl sites for hydroxylation is 1. The summed E-state index contributed by atoms with van der Waals surface area (Å²) in [4.78, 5) is 0. The molecular formula is C23H24. The van der Waals surface area contributed by atoms with Crippen molar-refractivity contribution in [2.24, 2.45) is 0 Å². The smallest absolute Gasteiger partial charge is 0.0102 e. The first-order chi connectivity index (χ1) is 11.2. The molecular weight excluding hydrogens is 276 g/mol. The first-order valence-electron chi connectivity index (χ1n) is 8.46. The second kappa shape index (κ2) is 6.83. The van der Waals surface area contributed by atoms with Crippen molar-refractivity contribution in [3.63, 3.8) is 0 Å². The third-order valence-corrected chi connectivity index (χ3v) is 4.76. The van der Waals surface area contributed by atoms with Gasteiger partial charge in [0.05, 0.1) is 0 Å². The summed E-state index contributed by atoms with van der Waals surface area (Å²) in [6.45, 7) is 6.76. The van der Waals surface area contributed by atoms with Crippen LogP contribution in [0, 0.1) is 6.92 Å². The molecule has 3 aromatic rings. The molecule has 0 heterocycles. The molecule has 0 saturated carbocycles. The highest BCUT2D eigenvalue weighted by molar-refractivity contribution is 5.86. The summed E-state index contributed by atoms with van der Waals surface area (Å²) in [7, 11) is 0. The summed E-state index contributed by atoms with van der Waals surface area (Å²) in [5.41, 5.74) is 8.10. The zero-order chi connectivity index (χ0) is 16.2. The van der Waals surface area contributed by atoms with Crippen molar-refractivity contribution < 1.29 is 0 Å². The maximum atomic E-state index is 2.31. The van der Waals surface area contributed by atoms with E-state index in [9.17, 15) is 0 Å². The second-order valence-electron chi connectivity index (χ2n) is 6.26. The van der Waals surface area contributed by atoms with Gasteiger partial charge in [0.1, 0.15) is 0 Å². The number of hydrogen-bond donors (Lipinski definition) is 0. The Balaban J connectivity index is 2.22. The van der Waals surface area contributed by atoms with Crippen molar-refractivity contribution >= 4 is 0 Å². The lowest BCUT2D eigenvalue weighted by Gasteiger charge is -2.18. The van der Waals surface area contributed by atoms with Crippen LogP contribution in [0.4, 0.5) is 0 Å². The molecule has 0 spiro atoms. The van der Waals surface area contributed by atoms with E-state index in [1.54, 1.807) is 0 Å². The molecule has 0 heteroatoms. The maximum Gasteiger partial charge on any atom is -0.0102 e. The van der Waals surface area contributed by atoms with Crippen molar-refractivity contribution in [3.8, 4) is 22.3 Å². The molecule has 0 amide bonds. The van der Waals surface area contributed by atoms with E-state index in [2.05, 4.69) is 93.6 Å². The summed E-state index contributed by atoms with van der Waals surface area (Å²) in [5.74, 6) is 0.566. The zero-order valence-corrected chi connectivity index (χ0v) is 14.2. The summed E-state index contributed by atoms with van der Waals surface area (Å²) >= 11 is 0. The largest absolute Gasteiger partial charge is 0.0648 e. The first kappa shape index (κ1) is 15.6. The van der Waals surface area contributed by atoms with E-state index in [-0.39, 0.29) is 0 Å². The van der Waals surface area contributed by atoms with E-state index in [1.807, 2.05) is 0 Å². The molecule has 0 aliphatic carbocycles. The van der Waals surface area contributed by atoms with Crippen molar-refractivity contribution in [1.29, 1.82) is 0 Å². The minimum atomic E-state index is 0.566. The molecule has 0 saturated heterocycles. The van der Waals surface area contributed by atoms with Crippen LogP contribution in [0.1, 0.15) is 37.3 Å².